The van der Waals surface area contributed by atoms with Crippen molar-refractivity contribution in [1.29, 1.82) is 0 Å². The van der Waals surface area contributed by atoms with Gasteiger partial charge in [0.25, 0.3) is 0 Å². The molecule has 90 valence electrons. The Morgan fingerprint density at radius 2 is 2.06 bits per heavy atom. The SMILES string of the molecule is CCC1(N)CN(c2nnc(C(F)(F)F)s2)C1. The summed E-state index contributed by atoms with van der Waals surface area (Å²) in [6.07, 6.45) is -3.61. The van der Waals surface area contributed by atoms with Crippen LogP contribution >= 0.6 is 11.3 Å². The largest absolute Gasteiger partial charge is 0.445 e. The van der Waals surface area contributed by atoms with Crippen LogP contribution in [-0.4, -0.2) is 28.8 Å². The molecule has 2 rings (SSSR count). The molecule has 1 aromatic rings. The number of nitrogens with zero attached hydrogens (tertiary/aromatic N) is 3. The Morgan fingerprint density at radius 3 is 2.50 bits per heavy atom. The lowest BCUT2D eigenvalue weighted by molar-refractivity contribution is -0.138. The van der Waals surface area contributed by atoms with Gasteiger partial charge in [-0.1, -0.05) is 18.3 Å². The predicted octanol–water partition coefficient (Wildman–Crippen LogP) is 1.48. The monoisotopic (exact) mass is 252 g/mol. The standard InChI is InChI=1S/C8H11F3N4S/c1-2-7(12)3-15(4-7)6-14-13-5(16-6)8(9,10)11/h2-4,12H2,1H3. The fraction of sp³-hybridized carbons (Fsp3) is 0.750. The molecule has 2 N–H and O–H groups in total. The molecule has 0 unspecified atom stereocenters. The van der Waals surface area contributed by atoms with Crippen molar-refractivity contribution in [3.05, 3.63) is 5.01 Å². The molecule has 1 saturated heterocycles. The number of rotatable bonds is 2. The molecule has 16 heavy (non-hydrogen) atoms. The van der Waals surface area contributed by atoms with Gasteiger partial charge in [0.05, 0.1) is 5.54 Å². The van der Waals surface area contributed by atoms with Crippen LogP contribution in [0.25, 0.3) is 0 Å². The molecule has 1 aromatic heterocycles. The summed E-state index contributed by atoms with van der Waals surface area (Å²) in [6.45, 7) is 3.03. The zero-order chi connectivity index (χ0) is 12.0. The number of hydrogen-bond acceptors (Lipinski definition) is 5. The number of alkyl halides is 3. The highest BCUT2D eigenvalue weighted by Crippen LogP contribution is 2.36. The van der Waals surface area contributed by atoms with E-state index in [9.17, 15) is 13.2 Å². The number of anilines is 1. The van der Waals surface area contributed by atoms with Gasteiger partial charge in [0.1, 0.15) is 0 Å². The van der Waals surface area contributed by atoms with Gasteiger partial charge in [-0.3, -0.25) is 0 Å². The van der Waals surface area contributed by atoms with E-state index in [1.165, 1.54) is 0 Å². The van der Waals surface area contributed by atoms with Gasteiger partial charge in [-0.05, 0) is 6.42 Å². The Balaban J connectivity index is 2.06. The lowest BCUT2D eigenvalue weighted by Crippen LogP contribution is -2.67. The number of halogens is 3. The molecule has 2 heterocycles. The molecule has 0 saturated carbocycles. The Labute approximate surface area is 94.3 Å². The summed E-state index contributed by atoms with van der Waals surface area (Å²) in [7, 11) is 0. The molecule has 8 heteroatoms. The maximum Gasteiger partial charge on any atom is 0.445 e. The maximum absolute atomic E-state index is 12.3. The van der Waals surface area contributed by atoms with Gasteiger partial charge in [0.15, 0.2) is 0 Å². The van der Waals surface area contributed by atoms with Crippen molar-refractivity contribution in [2.24, 2.45) is 5.73 Å². The molecular formula is C8H11F3N4S. The summed E-state index contributed by atoms with van der Waals surface area (Å²) in [5.41, 5.74) is 5.63. The molecule has 4 nitrogen and oxygen atoms in total. The van der Waals surface area contributed by atoms with E-state index in [1.807, 2.05) is 6.92 Å². The molecule has 0 aliphatic carbocycles. The zero-order valence-electron chi connectivity index (χ0n) is 8.58. The molecule has 0 aromatic carbocycles. The van der Waals surface area contributed by atoms with Crippen molar-refractivity contribution >= 4 is 16.5 Å². The fourth-order valence-electron chi connectivity index (χ4n) is 1.53. The van der Waals surface area contributed by atoms with Crippen LogP contribution in [0.15, 0.2) is 0 Å². The predicted molar refractivity (Wildman–Crippen MR) is 54.3 cm³/mol. The Kier molecular flexibility index (Phi) is 2.58. The minimum Gasteiger partial charge on any atom is -0.343 e. The van der Waals surface area contributed by atoms with E-state index in [0.29, 0.717) is 29.6 Å². The normalized spacial score (nSPS) is 19.7. The van der Waals surface area contributed by atoms with E-state index in [0.717, 1.165) is 6.42 Å². The van der Waals surface area contributed by atoms with E-state index < -0.39 is 11.2 Å². The molecule has 1 aliphatic heterocycles. The van der Waals surface area contributed by atoms with Crippen LogP contribution in [0.5, 0.6) is 0 Å². The van der Waals surface area contributed by atoms with Gasteiger partial charge in [0, 0.05) is 13.1 Å². The molecule has 1 aliphatic rings. The summed E-state index contributed by atoms with van der Waals surface area (Å²) in [5, 5.41) is 6.03. The van der Waals surface area contributed by atoms with Crippen molar-refractivity contribution < 1.29 is 13.2 Å². The van der Waals surface area contributed by atoms with Gasteiger partial charge in [0.2, 0.25) is 10.1 Å². The minimum atomic E-state index is -4.41. The average Bonchev–Trinajstić information content (AvgIpc) is 2.60. The molecule has 0 radical (unpaired) electrons. The Bertz CT molecular complexity index is 383. The van der Waals surface area contributed by atoms with Crippen molar-refractivity contribution in [2.75, 3.05) is 18.0 Å². The zero-order valence-corrected chi connectivity index (χ0v) is 9.40. The van der Waals surface area contributed by atoms with Gasteiger partial charge >= 0.3 is 6.18 Å². The van der Waals surface area contributed by atoms with Crippen molar-refractivity contribution in [3.63, 3.8) is 0 Å². The molecule has 0 atom stereocenters. The highest BCUT2D eigenvalue weighted by molar-refractivity contribution is 7.15. The topological polar surface area (TPSA) is 55.0 Å². The van der Waals surface area contributed by atoms with Crippen molar-refractivity contribution in [3.8, 4) is 0 Å². The highest BCUT2D eigenvalue weighted by Gasteiger charge is 2.41. The second kappa shape index (κ2) is 3.56. The minimum absolute atomic E-state index is 0.288. The average molecular weight is 252 g/mol. The third-order valence-corrected chi connectivity index (χ3v) is 3.67. The van der Waals surface area contributed by atoms with Crippen LogP contribution in [0.3, 0.4) is 0 Å². The van der Waals surface area contributed by atoms with Crippen molar-refractivity contribution in [2.45, 2.75) is 25.1 Å². The Morgan fingerprint density at radius 1 is 1.44 bits per heavy atom. The van der Waals surface area contributed by atoms with Crippen LogP contribution in [-0.2, 0) is 6.18 Å². The van der Waals surface area contributed by atoms with Gasteiger partial charge in [-0.2, -0.15) is 13.2 Å². The maximum atomic E-state index is 12.3. The lowest BCUT2D eigenvalue weighted by Gasteiger charge is -2.47. The number of hydrogen-bond donors (Lipinski definition) is 1. The third-order valence-electron chi connectivity index (χ3n) is 2.64. The van der Waals surface area contributed by atoms with Gasteiger partial charge < -0.3 is 10.6 Å². The van der Waals surface area contributed by atoms with E-state index in [4.69, 9.17) is 5.73 Å². The quantitative estimate of drug-likeness (QED) is 0.866. The second-order valence-electron chi connectivity index (χ2n) is 3.96. The molecule has 0 spiro atoms. The number of aromatic nitrogens is 2. The third kappa shape index (κ3) is 1.99. The highest BCUT2D eigenvalue weighted by atomic mass is 32.1. The molecule has 1 fully saturated rings. The van der Waals surface area contributed by atoms with Crippen LogP contribution in [0.4, 0.5) is 18.3 Å². The van der Waals surface area contributed by atoms with Crippen LogP contribution in [0.1, 0.15) is 18.4 Å². The van der Waals surface area contributed by atoms with E-state index in [2.05, 4.69) is 10.2 Å². The van der Waals surface area contributed by atoms with Crippen LogP contribution in [0.2, 0.25) is 0 Å². The smallest absolute Gasteiger partial charge is 0.343 e. The summed E-state index contributed by atoms with van der Waals surface area (Å²) in [5.74, 6) is 0. The van der Waals surface area contributed by atoms with Gasteiger partial charge in [-0.25, -0.2) is 0 Å². The molecular weight excluding hydrogens is 241 g/mol. The lowest BCUT2D eigenvalue weighted by atomic mass is 9.89. The fourth-order valence-corrected chi connectivity index (χ4v) is 2.24. The molecule has 0 bridgehead atoms. The van der Waals surface area contributed by atoms with E-state index in [-0.39, 0.29) is 5.54 Å². The molecule has 0 amide bonds. The second-order valence-corrected chi connectivity index (χ2v) is 4.92. The number of nitrogens with two attached hydrogens (primary N) is 1. The van der Waals surface area contributed by atoms with Crippen LogP contribution in [0, 0.1) is 0 Å². The summed E-state index contributed by atoms with van der Waals surface area (Å²) in [4.78, 5) is 1.72. The first kappa shape index (κ1) is 11.6. The first-order chi connectivity index (χ1) is 7.34. The first-order valence-corrected chi connectivity index (χ1v) is 5.60. The summed E-state index contributed by atoms with van der Waals surface area (Å²) < 4.78 is 36.8. The van der Waals surface area contributed by atoms with E-state index in [1.54, 1.807) is 4.90 Å². The first-order valence-electron chi connectivity index (χ1n) is 4.78. The summed E-state index contributed by atoms with van der Waals surface area (Å²) in [6, 6.07) is 0. The Hall–Kier alpha value is -0.890. The van der Waals surface area contributed by atoms with Crippen molar-refractivity contribution in [1.82, 2.24) is 10.2 Å². The van der Waals surface area contributed by atoms with Gasteiger partial charge in [-0.15, -0.1) is 10.2 Å². The summed E-state index contributed by atoms with van der Waals surface area (Å²) >= 11 is 0.558. The van der Waals surface area contributed by atoms with Crippen LogP contribution < -0.4 is 10.6 Å². The van der Waals surface area contributed by atoms with E-state index >= 15 is 0 Å².